The maximum absolute atomic E-state index is 16.0. The van der Waals surface area contributed by atoms with E-state index < -0.39 is 12.3 Å². The van der Waals surface area contributed by atoms with Crippen LogP contribution >= 0.6 is 0 Å². The molecular formula is C34H46FNO5. The van der Waals surface area contributed by atoms with Crippen molar-refractivity contribution in [1.29, 1.82) is 0 Å². The summed E-state index contributed by atoms with van der Waals surface area (Å²) in [7, 11) is 1.64. The Morgan fingerprint density at radius 3 is 2.63 bits per heavy atom. The van der Waals surface area contributed by atoms with Crippen LogP contribution in [-0.2, 0) is 11.2 Å². The highest BCUT2D eigenvalue weighted by atomic mass is 19.1. The van der Waals surface area contributed by atoms with Crippen molar-refractivity contribution in [2.75, 3.05) is 33.4 Å². The molecule has 224 valence electrons. The minimum Gasteiger partial charge on any atom is -0.508 e. The van der Waals surface area contributed by atoms with Gasteiger partial charge in [-0.3, -0.25) is 4.79 Å². The smallest absolute Gasteiger partial charge is 0.253 e. The van der Waals surface area contributed by atoms with Gasteiger partial charge >= 0.3 is 0 Å². The van der Waals surface area contributed by atoms with Gasteiger partial charge in [0.25, 0.3) is 5.91 Å². The summed E-state index contributed by atoms with van der Waals surface area (Å²) in [5.74, 6) is 1.51. The Morgan fingerprint density at radius 2 is 1.90 bits per heavy atom. The number of ether oxygens (including phenoxy) is 2. The molecule has 0 radical (unpaired) electrons. The number of unbranched alkanes of at least 4 members (excludes halogenated alkanes) is 1. The van der Waals surface area contributed by atoms with E-state index in [9.17, 15) is 15.0 Å². The molecule has 3 aliphatic carbocycles. The van der Waals surface area contributed by atoms with Gasteiger partial charge in [-0.1, -0.05) is 19.4 Å². The lowest BCUT2D eigenvalue weighted by molar-refractivity contribution is -0.0722. The predicted octanol–water partition coefficient (Wildman–Crippen LogP) is 6.14. The monoisotopic (exact) mass is 567 g/mol. The summed E-state index contributed by atoms with van der Waals surface area (Å²) in [5, 5.41) is 21.1. The maximum atomic E-state index is 16.0. The first-order chi connectivity index (χ1) is 19.8. The first-order valence-electron chi connectivity index (χ1n) is 15.4. The number of fused-ring (bicyclic) bond motifs is 5. The molecule has 5 rings (SSSR count). The van der Waals surface area contributed by atoms with Crippen LogP contribution in [-0.4, -0.2) is 66.7 Å². The third-order valence-corrected chi connectivity index (χ3v) is 10.3. The van der Waals surface area contributed by atoms with Crippen LogP contribution in [0.25, 0.3) is 0 Å². The lowest BCUT2D eigenvalue weighted by Gasteiger charge is -2.54. The van der Waals surface area contributed by atoms with Crippen molar-refractivity contribution in [3.63, 3.8) is 0 Å². The first-order valence-corrected chi connectivity index (χ1v) is 15.4. The summed E-state index contributed by atoms with van der Waals surface area (Å²) in [6.45, 7) is 6.22. The number of rotatable bonds is 11. The molecule has 0 heterocycles. The predicted molar refractivity (Wildman–Crippen MR) is 157 cm³/mol. The highest BCUT2D eigenvalue weighted by molar-refractivity contribution is 5.94. The standard InChI is InChI=1S/C34H46FNO5/c1-4-41-26-11-8-22(9-12-26)33(39)36(17-18-40-3)16-6-5-7-23-19-24-20-25(37)10-13-27(24)32-29(35)21-34(2)28(31(23)32)14-15-30(34)38/h8-13,20,23,28-32,37-38H,4-7,14-19,21H2,1-3H3/t23?,28?,29?,30?,31?,32?,34-/m0/s1. The van der Waals surface area contributed by atoms with Crippen LogP contribution in [0.15, 0.2) is 42.5 Å². The molecule has 3 aliphatic rings. The van der Waals surface area contributed by atoms with Gasteiger partial charge in [0.15, 0.2) is 0 Å². The van der Waals surface area contributed by atoms with E-state index in [1.807, 2.05) is 48.2 Å². The number of benzene rings is 2. The lowest BCUT2D eigenvalue weighted by Crippen LogP contribution is -2.51. The van der Waals surface area contributed by atoms with E-state index in [1.54, 1.807) is 13.2 Å². The van der Waals surface area contributed by atoms with Crippen molar-refractivity contribution in [2.24, 2.45) is 23.2 Å². The van der Waals surface area contributed by atoms with Crippen LogP contribution in [0.4, 0.5) is 4.39 Å². The zero-order valence-electron chi connectivity index (χ0n) is 24.7. The number of aliphatic hydroxyl groups excluding tert-OH is 1. The summed E-state index contributed by atoms with van der Waals surface area (Å²) in [4.78, 5) is 15.2. The summed E-state index contributed by atoms with van der Waals surface area (Å²) < 4.78 is 26.8. The SMILES string of the molecule is CCOc1ccc(C(=O)N(CCCCC2Cc3cc(O)ccc3C3C(F)C[C@]4(C)C(O)CCC4C23)CCOC)cc1. The van der Waals surface area contributed by atoms with Crippen LogP contribution in [0.3, 0.4) is 0 Å². The molecule has 41 heavy (non-hydrogen) atoms. The summed E-state index contributed by atoms with van der Waals surface area (Å²) in [6, 6.07) is 12.7. The molecule has 0 saturated heterocycles. The number of aliphatic hydroxyl groups is 1. The first kappa shape index (κ1) is 29.8. The molecule has 0 spiro atoms. The second-order valence-electron chi connectivity index (χ2n) is 12.6. The van der Waals surface area contributed by atoms with Crippen LogP contribution in [0.1, 0.15) is 79.8 Å². The molecule has 2 fully saturated rings. The number of hydrogen-bond donors (Lipinski definition) is 2. The number of alkyl halides is 1. The van der Waals surface area contributed by atoms with E-state index >= 15 is 4.39 Å². The van der Waals surface area contributed by atoms with Crippen molar-refractivity contribution >= 4 is 5.91 Å². The lowest BCUT2D eigenvalue weighted by atomic mass is 9.51. The average molecular weight is 568 g/mol. The highest BCUT2D eigenvalue weighted by Gasteiger charge is 2.59. The van der Waals surface area contributed by atoms with Crippen LogP contribution in [0, 0.1) is 23.2 Å². The Balaban J connectivity index is 1.28. The van der Waals surface area contributed by atoms with Crippen molar-refractivity contribution in [3.8, 4) is 11.5 Å². The largest absolute Gasteiger partial charge is 0.508 e. The average Bonchev–Trinajstić information content (AvgIpc) is 3.25. The van der Waals surface area contributed by atoms with Crippen molar-refractivity contribution < 1.29 is 28.9 Å². The van der Waals surface area contributed by atoms with E-state index in [0.29, 0.717) is 44.2 Å². The van der Waals surface area contributed by atoms with Gasteiger partial charge in [-0.25, -0.2) is 4.39 Å². The van der Waals surface area contributed by atoms with Gasteiger partial charge in [-0.05, 0) is 116 Å². The number of carbonyl (C=O) groups excluding carboxylic acids is 1. The Kier molecular flexibility index (Phi) is 9.24. The fraction of sp³-hybridized carbons (Fsp3) is 0.618. The van der Waals surface area contributed by atoms with Gasteiger partial charge in [-0.2, -0.15) is 0 Å². The Labute approximate surface area is 243 Å². The molecule has 2 aromatic carbocycles. The number of aromatic hydroxyl groups is 1. The van der Waals surface area contributed by atoms with E-state index in [4.69, 9.17) is 9.47 Å². The second kappa shape index (κ2) is 12.7. The molecule has 0 bridgehead atoms. The van der Waals surface area contributed by atoms with Crippen molar-refractivity contribution in [3.05, 3.63) is 59.2 Å². The minimum atomic E-state index is -1.00. The van der Waals surface area contributed by atoms with Crippen LogP contribution < -0.4 is 4.74 Å². The summed E-state index contributed by atoms with van der Waals surface area (Å²) in [5.41, 5.74) is 2.36. The van der Waals surface area contributed by atoms with Crippen LogP contribution in [0.2, 0.25) is 0 Å². The Hall–Kier alpha value is -2.64. The van der Waals surface area contributed by atoms with Crippen LogP contribution in [0.5, 0.6) is 11.5 Å². The molecule has 1 amide bonds. The number of phenolic OH excluding ortho intramolecular Hbond substituents is 1. The number of nitrogens with zero attached hydrogens (tertiary/aromatic N) is 1. The molecule has 2 saturated carbocycles. The third-order valence-electron chi connectivity index (χ3n) is 10.3. The highest BCUT2D eigenvalue weighted by Crippen LogP contribution is 2.63. The number of amides is 1. The van der Waals surface area contributed by atoms with Crippen molar-refractivity contribution in [1.82, 2.24) is 4.90 Å². The molecule has 6 nitrogen and oxygen atoms in total. The second-order valence-corrected chi connectivity index (χ2v) is 12.6. The number of halogens is 1. The fourth-order valence-electron chi connectivity index (χ4n) is 8.30. The molecule has 2 aromatic rings. The number of phenols is 1. The van der Waals surface area contributed by atoms with E-state index in [1.165, 1.54) is 0 Å². The van der Waals surface area contributed by atoms with E-state index in [2.05, 4.69) is 6.92 Å². The Morgan fingerprint density at radius 1 is 1.12 bits per heavy atom. The molecule has 7 atom stereocenters. The molecule has 2 N–H and O–H groups in total. The zero-order chi connectivity index (χ0) is 29.1. The minimum absolute atomic E-state index is 0.0181. The molecule has 0 aromatic heterocycles. The Bertz CT molecular complexity index is 1190. The number of hydrogen-bond acceptors (Lipinski definition) is 5. The molecule has 0 aliphatic heterocycles. The molecule has 7 heteroatoms. The quantitative estimate of drug-likeness (QED) is 0.319. The van der Waals surface area contributed by atoms with E-state index in [-0.39, 0.29) is 34.8 Å². The topological polar surface area (TPSA) is 79.2 Å². The summed E-state index contributed by atoms with van der Waals surface area (Å²) in [6.07, 6.45) is 4.15. The summed E-state index contributed by atoms with van der Waals surface area (Å²) >= 11 is 0. The maximum Gasteiger partial charge on any atom is 0.253 e. The van der Waals surface area contributed by atoms with Gasteiger partial charge in [-0.15, -0.1) is 0 Å². The van der Waals surface area contributed by atoms with Gasteiger partial charge in [0.1, 0.15) is 17.7 Å². The van der Waals surface area contributed by atoms with Crippen molar-refractivity contribution in [2.45, 2.75) is 77.0 Å². The number of methoxy groups -OCH3 is 1. The van der Waals surface area contributed by atoms with E-state index in [0.717, 1.165) is 55.4 Å². The normalized spacial score (nSPS) is 30.3. The van der Waals surface area contributed by atoms with Gasteiger partial charge in [0.05, 0.1) is 19.3 Å². The van der Waals surface area contributed by atoms with Gasteiger partial charge in [0.2, 0.25) is 0 Å². The molecule has 6 unspecified atom stereocenters. The number of carbonyl (C=O) groups is 1. The fourth-order valence-corrected chi connectivity index (χ4v) is 8.30. The molecular weight excluding hydrogens is 521 g/mol. The zero-order valence-corrected chi connectivity index (χ0v) is 24.7. The van der Waals surface area contributed by atoms with Gasteiger partial charge < -0.3 is 24.6 Å². The van der Waals surface area contributed by atoms with Gasteiger partial charge in [0, 0.05) is 31.7 Å². The third kappa shape index (κ3) is 5.98.